The average molecular weight is 501 g/mol. The summed E-state index contributed by atoms with van der Waals surface area (Å²) in [6.45, 7) is 4.66. The van der Waals surface area contributed by atoms with Gasteiger partial charge in [-0.3, -0.25) is 4.79 Å². The summed E-state index contributed by atoms with van der Waals surface area (Å²) in [5.74, 6) is -0.337. The highest BCUT2D eigenvalue weighted by Crippen LogP contribution is 2.28. The Balaban J connectivity index is 2.15. The van der Waals surface area contributed by atoms with Gasteiger partial charge in [0.2, 0.25) is 5.91 Å². The van der Waals surface area contributed by atoms with E-state index < -0.39 is 38.0 Å². The largest absolute Gasteiger partial charge is 0.347 e. The van der Waals surface area contributed by atoms with Gasteiger partial charge >= 0.3 is 0 Å². The average Bonchev–Trinajstić information content (AvgIpc) is 2.82. The smallest absolute Gasteiger partial charge is 0.256 e. The highest BCUT2D eigenvalue weighted by Gasteiger charge is 2.39. The molecule has 180 valence electrons. The first-order valence-corrected chi connectivity index (χ1v) is 13.6. The number of nitrogens with zero attached hydrogens (tertiary/aromatic N) is 1. The van der Waals surface area contributed by atoms with Crippen LogP contribution in [0.5, 0.6) is 0 Å². The van der Waals surface area contributed by atoms with Crippen LogP contribution >= 0.6 is 0 Å². The molecule has 0 aromatic heterocycles. The Bertz CT molecular complexity index is 1250. The molecule has 1 unspecified atom stereocenters. The molecule has 0 heterocycles. The van der Waals surface area contributed by atoms with Crippen molar-refractivity contribution in [3.63, 3.8) is 0 Å². The second kappa shape index (κ2) is 10.1. The summed E-state index contributed by atoms with van der Waals surface area (Å²) in [6, 6.07) is 22.5. The second-order valence-corrected chi connectivity index (χ2v) is 12.7. The maximum Gasteiger partial charge on any atom is 0.256 e. The summed E-state index contributed by atoms with van der Waals surface area (Å²) in [4.78, 5) is 12.5. The normalized spacial score (nSPS) is 13.4. The van der Waals surface area contributed by atoms with E-state index in [0.29, 0.717) is 9.27 Å². The summed E-state index contributed by atoms with van der Waals surface area (Å²) in [5, 5.41) is 2.84. The third-order valence-electron chi connectivity index (χ3n) is 5.14. The van der Waals surface area contributed by atoms with E-state index in [1.165, 1.54) is 48.5 Å². The molecule has 0 saturated carbocycles. The molecule has 0 aliphatic carbocycles. The lowest BCUT2D eigenvalue weighted by molar-refractivity contribution is -0.129. The van der Waals surface area contributed by atoms with Crippen molar-refractivity contribution in [2.45, 2.75) is 36.6 Å². The summed E-state index contributed by atoms with van der Waals surface area (Å²) < 4.78 is 55.0. The lowest BCUT2D eigenvalue weighted by Crippen LogP contribution is -2.46. The molecule has 1 atom stereocenters. The lowest BCUT2D eigenvalue weighted by atomic mass is 9.94. The fourth-order valence-corrected chi connectivity index (χ4v) is 6.90. The van der Waals surface area contributed by atoms with Gasteiger partial charge in [0.05, 0.1) is 22.4 Å². The number of carbonyl (C=O) groups is 1. The maximum absolute atomic E-state index is 13.6. The first kappa shape index (κ1) is 25.6. The van der Waals surface area contributed by atoms with Gasteiger partial charge in [-0.15, -0.1) is 0 Å². The van der Waals surface area contributed by atoms with E-state index in [0.717, 1.165) is 0 Å². The monoisotopic (exact) mass is 500 g/mol. The maximum atomic E-state index is 13.6. The minimum absolute atomic E-state index is 0.163. The van der Waals surface area contributed by atoms with E-state index in [-0.39, 0.29) is 15.7 Å². The first-order chi connectivity index (χ1) is 15.9. The number of sulfonamides is 2. The molecule has 1 amide bonds. The number of benzene rings is 3. The van der Waals surface area contributed by atoms with Crippen LogP contribution in [0, 0.1) is 5.41 Å². The fraction of sp³-hybridized carbons (Fsp3) is 0.240. The molecule has 0 radical (unpaired) electrons. The van der Waals surface area contributed by atoms with Crippen LogP contribution in [0.2, 0.25) is 0 Å². The predicted octanol–water partition coefficient (Wildman–Crippen LogP) is 3.97. The van der Waals surface area contributed by atoms with Gasteiger partial charge < -0.3 is 5.32 Å². The quantitative estimate of drug-likeness (QED) is 0.504. The van der Waals surface area contributed by atoms with Crippen molar-refractivity contribution in [3.8, 4) is 0 Å². The first-order valence-electron chi connectivity index (χ1n) is 10.7. The molecular formula is C25H28N2O5S2. The van der Waals surface area contributed by atoms with Gasteiger partial charge in [0.15, 0.2) is 0 Å². The van der Waals surface area contributed by atoms with Crippen LogP contribution in [0.25, 0.3) is 0 Å². The van der Waals surface area contributed by atoms with Crippen LogP contribution < -0.4 is 5.32 Å². The number of amides is 1. The van der Waals surface area contributed by atoms with Crippen LogP contribution in [-0.4, -0.2) is 33.0 Å². The molecule has 0 fully saturated rings. The molecule has 0 aliphatic heterocycles. The Morgan fingerprint density at radius 1 is 0.735 bits per heavy atom. The predicted molar refractivity (Wildman–Crippen MR) is 131 cm³/mol. The molecule has 3 aromatic rings. The Kier molecular flexibility index (Phi) is 7.60. The molecule has 1 N–H and O–H groups in total. The lowest BCUT2D eigenvalue weighted by Gasteiger charge is -2.29. The molecule has 0 spiro atoms. The fourth-order valence-electron chi connectivity index (χ4n) is 3.19. The topological polar surface area (TPSA) is 101 Å². The molecule has 3 rings (SSSR count). The van der Waals surface area contributed by atoms with E-state index in [9.17, 15) is 21.6 Å². The van der Waals surface area contributed by atoms with Gasteiger partial charge in [-0.2, -0.15) is 0 Å². The van der Waals surface area contributed by atoms with Gasteiger partial charge in [0, 0.05) is 5.41 Å². The zero-order valence-electron chi connectivity index (χ0n) is 19.2. The van der Waals surface area contributed by atoms with E-state index in [1.807, 2.05) is 0 Å². The highest BCUT2D eigenvalue weighted by atomic mass is 32.3. The summed E-state index contributed by atoms with van der Waals surface area (Å²) in [7, 11) is -8.97. The minimum atomic E-state index is -4.49. The van der Waals surface area contributed by atoms with Crippen molar-refractivity contribution in [2.75, 3.05) is 6.54 Å². The molecular weight excluding hydrogens is 472 g/mol. The molecule has 3 aromatic carbocycles. The zero-order valence-corrected chi connectivity index (χ0v) is 20.9. The molecule has 9 heteroatoms. The highest BCUT2D eigenvalue weighted by molar-refractivity contribution is 8.04. The Hall–Kier alpha value is -3.01. The van der Waals surface area contributed by atoms with Crippen LogP contribution in [0.15, 0.2) is 101 Å². The van der Waals surface area contributed by atoms with Crippen molar-refractivity contribution in [1.82, 2.24) is 9.03 Å². The number of hydrogen-bond donors (Lipinski definition) is 1. The van der Waals surface area contributed by atoms with Gasteiger partial charge in [0.1, 0.15) is 0 Å². The Morgan fingerprint density at radius 2 is 1.12 bits per heavy atom. The number of rotatable bonds is 8. The SMILES string of the molecule is CC(C)(C)C(=O)NC(CN(S(=O)(=O)c1ccccc1)S(=O)(=O)c1ccccc1)c1ccccc1. The van der Waals surface area contributed by atoms with Crippen molar-refractivity contribution in [1.29, 1.82) is 0 Å². The van der Waals surface area contributed by atoms with E-state index >= 15 is 0 Å². The van der Waals surface area contributed by atoms with Crippen LogP contribution in [-0.2, 0) is 24.8 Å². The third-order valence-corrected chi connectivity index (χ3v) is 9.42. The Morgan fingerprint density at radius 3 is 1.50 bits per heavy atom. The Labute approximate surface area is 201 Å². The summed E-state index contributed by atoms with van der Waals surface area (Å²) >= 11 is 0. The zero-order chi connectivity index (χ0) is 25.0. The van der Waals surface area contributed by atoms with Crippen LogP contribution in [0.1, 0.15) is 32.4 Å². The van der Waals surface area contributed by atoms with Crippen molar-refractivity contribution in [3.05, 3.63) is 96.6 Å². The van der Waals surface area contributed by atoms with Gasteiger partial charge in [0.25, 0.3) is 20.0 Å². The van der Waals surface area contributed by atoms with Gasteiger partial charge in [-0.05, 0) is 29.8 Å². The van der Waals surface area contributed by atoms with E-state index in [4.69, 9.17) is 0 Å². The van der Waals surface area contributed by atoms with E-state index in [1.54, 1.807) is 63.2 Å². The van der Waals surface area contributed by atoms with Crippen molar-refractivity contribution in [2.24, 2.45) is 5.41 Å². The van der Waals surface area contributed by atoms with Crippen molar-refractivity contribution >= 4 is 26.0 Å². The van der Waals surface area contributed by atoms with Gasteiger partial charge in [-0.1, -0.05) is 91.2 Å². The third kappa shape index (κ3) is 5.72. The molecule has 34 heavy (non-hydrogen) atoms. The van der Waals surface area contributed by atoms with Gasteiger partial charge in [-0.25, -0.2) is 16.8 Å². The molecule has 7 nitrogen and oxygen atoms in total. The number of nitrogens with one attached hydrogen (secondary N) is 1. The molecule has 0 saturated heterocycles. The standard InChI is InChI=1S/C25H28N2O5S2/c1-25(2,3)24(28)26-23(20-13-7-4-8-14-20)19-27(33(29,30)21-15-9-5-10-16-21)34(31,32)22-17-11-6-12-18-22/h4-18,23H,19H2,1-3H3,(H,26,28). The number of carbonyl (C=O) groups excluding carboxylic acids is 1. The summed E-state index contributed by atoms with van der Waals surface area (Å²) in [6.07, 6.45) is 0. The van der Waals surface area contributed by atoms with Crippen LogP contribution in [0.3, 0.4) is 0 Å². The molecule has 0 aliphatic rings. The molecule has 0 bridgehead atoms. The van der Waals surface area contributed by atoms with E-state index in [2.05, 4.69) is 5.32 Å². The number of hydrogen-bond acceptors (Lipinski definition) is 5. The van der Waals surface area contributed by atoms with Crippen LogP contribution in [0.4, 0.5) is 0 Å². The minimum Gasteiger partial charge on any atom is -0.347 e. The second-order valence-electron chi connectivity index (χ2n) is 8.78. The van der Waals surface area contributed by atoms with Crippen molar-refractivity contribution < 1.29 is 21.6 Å². The summed E-state index contributed by atoms with van der Waals surface area (Å²) in [5.41, 5.74) is -0.189.